The van der Waals surface area contributed by atoms with Crippen molar-refractivity contribution in [3.8, 4) is 0 Å². The number of Topliss-reactive ketones (excluding diaryl/α,β-unsaturated/α-hetero) is 1. The van der Waals surface area contributed by atoms with Crippen LogP contribution in [-0.2, 0) is 9.68 Å². The lowest BCUT2D eigenvalue weighted by Crippen LogP contribution is -2.23. The smallest absolute Gasteiger partial charge is 0.365 e. The maximum absolute atomic E-state index is 12.6. The largest absolute Gasteiger partial charge is 0.399 e. The van der Waals surface area contributed by atoms with Crippen LogP contribution in [0.2, 0.25) is 0 Å². The Morgan fingerprint density at radius 2 is 1.38 bits per heavy atom. The van der Waals surface area contributed by atoms with Crippen LogP contribution >= 0.6 is 0 Å². The Labute approximate surface area is 139 Å². The van der Waals surface area contributed by atoms with Crippen LogP contribution in [0.4, 0.5) is 0 Å². The van der Waals surface area contributed by atoms with Gasteiger partial charge in [-0.05, 0) is 19.1 Å². The van der Waals surface area contributed by atoms with Gasteiger partial charge in [-0.2, -0.15) is 0 Å². The van der Waals surface area contributed by atoms with E-state index in [9.17, 15) is 9.59 Å². The summed E-state index contributed by atoms with van der Waals surface area (Å²) in [5.41, 5.74) is 0.825. The third-order valence-electron chi connectivity index (χ3n) is 3.05. The molecular formula is C18H16N2O4. The molecule has 0 aromatic heterocycles. The van der Waals surface area contributed by atoms with Crippen LogP contribution in [0.3, 0.4) is 0 Å². The van der Waals surface area contributed by atoms with Gasteiger partial charge >= 0.3 is 5.97 Å². The number of carbonyl (C=O) groups excluding carboxylic acids is 2. The summed E-state index contributed by atoms with van der Waals surface area (Å²) in [5.74, 6) is -1.09. The SMILES string of the molecule is CON=C(C)C(=NOC(=O)c1ccccc1)C(=O)c1ccccc1. The molecule has 6 nitrogen and oxygen atoms in total. The van der Waals surface area contributed by atoms with Crippen molar-refractivity contribution in [3.05, 3.63) is 71.8 Å². The molecule has 122 valence electrons. The molecule has 0 saturated carbocycles. The van der Waals surface area contributed by atoms with Crippen LogP contribution in [0, 0.1) is 0 Å². The summed E-state index contributed by atoms with van der Waals surface area (Å²) >= 11 is 0. The lowest BCUT2D eigenvalue weighted by atomic mass is 10.0. The van der Waals surface area contributed by atoms with Crippen molar-refractivity contribution in [2.45, 2.75) is 6.92 Å². The van der Waals surface area contributed by atoms with Crippen LogP contribution in [0.25, 0.3) is 0 Å². The maximum atomic E-state index is 12.6. The molecule has 0 spiro atoms. The number of ketones is 1. The van der Waals surface area contributed by atoms with Crippen LogP contribution in [-0.4, -0.2) is 30.3 Å². The van der Waals surface area contributed by atoms with Gasteiger partial charge in [-0.25, -0.2) is 4.79 Å². The van der Waals surface area contributed by atoms with E-state index in [4.69, 9.17) is 4.84 Å². The molecule has 2 aromatic rings. The first-order valence-electron chi connectivity index (χ1n) is 7.15. The third kappa shape index (κ3) is 4.36. The third-order valence-corrected chi connectivity index (χ3v) is 3.05. The summed E-state index contributed by atoms with van der Waals surface area (Å²) in [6.45, 7) is 1.54. The zero-order chi connectivity index (χ0) is 17.4. The Hall–Kier alpha value is -3.28. The summed E-state index contributed by atoms with van der Waals surface area (Å²) in [6.07, 6.45) is 0. The molecule has 2 aromatic carbocycles. The van der Waals surface area contributed by atoms with Gasteiger partial charge in [0.25, 0.3) is 0 Å². The Balaban J connectivity index is 2.28. The van der Waals surface area contributed by atoms with E-state index in [0.717, 1.165) is 0 Å². The van der Waals surface area contributed by atoms with Crippen molar-refractivity contribution in [1.29, 1.82) is 0 Å². The summed E-state index contributed by atoms with van der Waals surface area (Å²) in [5, 5.41) is 7.40. The quantitative estimate of drug-likeness (QED) is 0.354. The number of hydrogen-bond acceptors (Lipinski definition) is 6. The highest BCUT2D eigenvalue weighted by molar-refractivity contribution is 6.69. The molecule has 0 N–H and O–H groups in total. The first kappa shape index (κ1) is 17.1. The normalized spacial score (nSPS) is 11.8. The van der Waals surface area contributed by atoms with Gasteiger partial charge in [-0.15, -0.1) is 0 Å². The van der Waals surface area contributed by atoms with Gasteiger partial charge in [0.1, 0.15) is 12.8 Å². The Morgan fingerprint density at radius 3 is 1.92 bits per heavy atom. The van der Waals surface area contributed by atoms with Crippen molar-refractivity contribution in [3.63, 3.8) is 0 Å². The van der Waals surface area contributed by atoms with E-state index in [1.54, 1.807) is 67.6 Å². The molecular weight excluding hydrogens is 308 g/mol. The fourth-order valence-corrected chi connectivity index (χ4v) is 1.89. The molecule has 6 heteroatoms. The lowest BCUT2D eigenvalue weighted by Gasteiger charge is -2.05. The van der Waals surface area contributed by atoms with Crippen molar-refractivity contribution in [2.75, 3.05) is 7.11 Å². The maximum Gasteiger partial charge on any atom is 0.365 e. The van der Waals surface area contributed by atoms with E-state index in [0.29, 0.717) is 11.1 Å². The summed E-state index contributed by atoms with van der Waals surface area (Å²) < 4.78 is 0. The molecule has 0 radical (unpaired) electrons. The lowest BCUT2D eigenvalue weighted by molar-refractivity contribution is 0.0517. The minimum absolute atomic E-state index is 0.104. The Bertz CT molecular complexity index is 768. The predicted molar refractivity (Wildman–Crippen MR) is 90.2 cm³/mol. The van der Waals surface area contributed by atoms with Crippen molar-refractivity contribution < 1.29 is 19.3 Å². The number of nitrogens with zero attached hydrogens (tertiary/aromatic N) is 2. The van der Waals surface area contributed by atoms with Gasteiger partial charge in [0.05, 0.1) is 5.56 Å². The van der Waals surface area contributed by atoms with Gasteiger partial charge < -0.3 is 9.68 Å². The van der Waals surface area contributed by atoms with Gasteiger partial charge in [0.2, 0.25) is 5.78 Å². The molecule has 0 saturated heterocycles. The van der Waals surface area contributed by atoms with Gasteiger partial charge in [0.15, 0.2) is 5.71 Å². The van der Waals surface area contributed by atoms with E-state index in [-0.39, 0.29) is 11.4 Å². The zero-order valence-corrected chi connectivity index (χ0v) is 13.3. The zero-order valence-electron chi connectivity index (χ0n) is 13.3. The molecule has 0 heterocycles. The Kier molecular flexibility index (Phi) is 5.96. The highest BCUT2D eigenvalue weighted by atomic mass is 16.7. The molecule has 0 unspecified atom stereocenters. The van der Waals surface area contributed by atoms with E-state index in [2.05, 4.69) is 15.1 Å². The average Bonchev–Trinajstić information content (AvgIpc) is 2.63. The first-order chi connectivity index (χ1) is 11.6. The van der Waals surface area contributed by atoms with Crippen molar-refractivity contribution in [2.24, 2.45) is 10.3 Å². The standard InChI is InChI=1S/C18H16N2O4/c1-13(19-23-2)16(17(21)14-9-5-3-6-10-14)20-24-18(22)15-11-7-4-8-12-15/h3-12H,1-2H3. The molecule has 0 fully saturated rings. The van der Waals surface area contributed by atoms with Gasteiger partial charge in [-0.3, -0.25) is 4.79 Å². The van der Waals surface area contributed by atoms with Crippen molar-refractivity contribution >= 4 is 23.2 Å². The first-order valence-corrected chi connectivity index (χ1v) is 7.15. The number of carbonyl (C=O) groups is 2. The van der Waals surface area contributed by atoms with Gasteiger partial charge in [0, 0.05) is 5.56 Å². The van der Waals surface area contributed by atoms with E-state index < -0.39 is 11.8 Å². The second-order valence-electron chi connectivity index (χ2n) is 4.74. The molecule has 24 heavy (non-hydrogen) atoms. The predicted octanol–water partition coefficient (Wildman–Crippen LogP) is 3.10. The molecule has 0 amide bonds. The number of rotatable bonds is 6. The number of hydrogen-bond donors (Lipinski definition) is 0. The highest BCUT2D eigenvalue weighted by Gasteiger charge is 2.20. The Morgan fingerprint density at radius 1 is 0.833 bits per heavy atom. The number of benzene rings is 2. The summed E-state index contributed by atoms with van der Waals surface area (Å²) in [7, 11) is 1.35. The molecule has 0 aliphatic rings. The minimum Gasteiger partial charge on any atom is -0.399 e. The second-order valence-corrected chi connectivity index (χ2v) is 4.74. The topological polar surface area (TPSA) is 77.3 Å². The van der Waals surface area contributed by atoms with E-state index in [1.165, 1.54) is 7.11 Å². The molecule has 0 bridgehead atoms. The van der Waals surface area contributed by atoms with Crippen molar-refractivity contribution in [1.82, 2.24) is 0 Å². The molecule has 0 atom stereocenters. The second kappa shape index (κ2) is 8.38. The highest BCUT2D eigenvalue weighted by Crippen LogP contribution is 2.06. The molecule has 2 rings (SSSR count). The summed E-state index contributed by atoms with van der Waals surface area (Å²) in [4.78, 5) is 34.1. The average molecular weight is 324 g/mol. The van der Waals surface area contributed by atoms with Crippen LogP contribution in [0.5, 0.6) is 0 Å². The fraction of sp³-hybridized carbons (Fsp3) is 0.111. The molecule has 0 aliphatic carbocycles. The van der Waals surface area contributed by atoms with Crippen LogP contribution < -0.4 is 0 Å². The van der Waals surface area contributed by atoms with Gasteiger partial charge in [-0.1, -0.05) is 58.8 Å². The summed E-state index contributed by atoms with van der Waals surface area (Å²) in [6, 6.07) is 16.9. The monoisotopic (exact) mass is 324 g/mol. The minimum atomic E-state index is -0.667. The fourth-order valence-electron chi connectivity index (χ4n) is 1.89. The number of oxime groups is 2. The van der Waals surface area contributed by atoms with Crippen LogP contribution in [0.1, 0.15) is 27.6 Å². The van der Waals surface area contributed by atoms with E-state index >= 15 is 0 Å². The van der Waals surface area contributed by atoms with E-state index in [1.807, 2.05) is 0 Å². The molecule has 0 aliphatic heterocycles. The van der Waals surface area contributed by atoms with Crippen LogP contribution in [0.15, 0.2) is 71.0 Å².